The number of nitrogens with one attached hydrogen (secondary N) is 2. The molecule has 2 aromatic carbocycles. The van der Waals surface area contributed by atoms with E-state index < -0.39 is 0 Å². The molecule has 28 heavy (non-hydrogen) atoms. The summed E-state index contributed by atoms with van der Waals surface area (Å²) in [5, 5.41) is 14.8. The first-order chi connectivity index (χ1) is 13.5. The number of amides is 1. The summed E-state index contributed by atoms with van der Waals surface area (Å²) in [6, 6.07) is 13.2. The van der Waals surface area contributed by atoms with E-state index in [9.17, 15) is 4.79 Å². The van der Waals surface area contributed by atoms with Crippen molar-refractivity contribution < 1.29 is 14.3 Å². The zero-order chi connectivity index (χ0) is 20.1. The Balaban J connectivity index is 1.73. The van der Waals surface area contributed by atoms with Crippen LogP contribution in [0.2, 0.25) is 0 Å². The highest BCUT2D eigenvalue weighted by atomic mass is 79.9. The van der Waals surface area contributed by atoms with E-state index in [0.29, 0.717) is 10.7 Å². The number of ether oxygens (including phenoxy) is 2. The van der Waals surface area contributed by atoms with Crippen molar-refractivity contribution in [2.24, 2.45) is 0 Å². The zero-order valence-corrected chi connectivity index (χ0v) is 17.7. The van der Waals surface area contributed by atoms with Crippen molar-refractivity contribution in [1.82, 2.24) is 5.32 Å². The molecule has 3 rings (SSSR count). The second-order valence-electron chi connectivity index (χ2n) is 5.96. The van der Waals surface area contributed by atoms with E-state index in [1.165, 1.54) is 11.8 Å². The number of carbonyl (C=O) groups excluding carboxylic acids is 1. The first kappa shape index (κ1) is 20.1. The van der Waals surface area contributed by atoms with Gasteiger partial charge in [0.25, 0.3) is 5.91 Å². The third kappa shape index (κ3) is 4.80. The summed E-state index contributed by atoms with van der Waals surface area (Å²) >= 11 is 4.82. The molecule has 0 radical (unpaired) electrons. The van der Waals surface area contributed by atoms with Gasteiger partial charge in [-0.1, -0.05) is 23.9 Å². The topological polar surface area (TPSA) is 83.4 Å². The van der Waals surface area contributed by atoms with E-state index in [4.69, 9.17) is 14.7 Å². The minimum absolute atomic E-state index is 0.0208. The normalized spacial score (nSPS) is 17.1. The van der Waals surface area contributed by atoms with Crippen molar-refractivity contribution in [1.29, 1.82) is 5.26 Å². The van der Waals surface area contributed by atoms with Crippen molar-refractivity contribution >= 4 is 45.4 Å². The molecule has 144 valence electrons. The second kappa shape index (κ2) is 9.04. The Morgan fingerprint density at radius 3 is 2.82 bits per heavy atom. The van der Waals surface area contributed by atoms with Crippen LogP contribution in [0.15, 0.2) is 45.8 Å². The molecule has 0 spiro atoms. The monoisotopic (exact) mass is 459 g/mol. The molecule has 1 heterocycles. The van der Waals surface area contributed by atoms with Crippen molar-refractivity contribution in [3.05, 3.63) is 56.9 Å². The Labute approximate surface area is 176 Å². The van der Waals surface area contributed by atoms with Gasteiger partial charge in [-0.25, -0.2) is 0 Å². The molecule has 1 saturated heterocycles. The van der Waals surface area contributed by atoms with Gasteiger partial charge in [0.1, 0.15) is 17.6 Å². The van der Waals surface area contributed by atoms with Crippen LogP contribution in [0.1, 0.15) is 11.1 Å². The minimum Gasteiger partial charge on any atom is -0.495 e. The van der Waals surface area contributed by atoms with E-state index in [1.54, 1.807) is 13.2 Å². The van der Waals surface area contributed by atoms with Gasteiger partial charge in [0.15, 0.2) is 12.1 Å². The van der Waals surface area contributed by atoms with E-state index >= 15 is 0 Å². The van der Waals surface area contributed by atoms with Gasteiger partial charge in [0.05, 0.1) is 22.2 Å². The summed E-state index contributed by atoms with van der Waals surface area (Å²) in [5.74, 6) is 1.16. The standard InChI is InChI=1S/C20H18BrN3O3S/c1-12-3-5-17(26-2)15(9-12)23-20-24-19(25)18(28-20)11-13-4-6-16(14(21)10-13)27-8-7-22/h3-6,9-11,20,23H,8H2,1-2H3,(H,24,25)/b18-11-. The Kier molecular flexibility index (Phi) is 6.49. The summed E-state index contributed by atoms with van der Waals surface area (Å²) in [5.41, 5.74) is 2.47. The molecule has 1 aliphatic rings. The molecule has 2 N–H and O–H groups in total. The highest BCUT2D eigenvalue weighted by molar-refractivity contribution is 9.10. The molecule has 1 amide bonds. The van der Waals surface area contributed by atoms with Crippen molar-refractivity contribution in [3.63, 3.8) is 0 Å². The maximum absolute atomic E-state index is 12.3. The first-order valence-electron chi connectivity index (χ1n) is 8.40. The number of benzene rings is 2. The number of carbonyl (C=O) groups is 1. The SMILES string of the molecule is COc1ccc(C)cc1NC1NC(=O)/C(=C/c2ccc(OCC#N)c(Br)c2)S1. The Morgan fingerprint density at radius 2 is 2.11 bits per heavy atom. The highest BCUT2D eigenvalue weighted by Gasteiger charge is 2.27. The molecule has 0 aromatic heterocycles. The molecule has 1 unspecified atom stereocenters. The summed E-state index contributed by atoms with van der Waals surface area (Å²) < 4.78 is 11.4. The molecular formula is C20H18BrN3O3S. The van der Waals surface area contributed by atoms with Gasteiger partial charge in [0.2, 0.25) is 0 Å². The lowest BCUT2D eigenvalue weighted by Crippen LogP contribution is -2.31. The third-order valence-corrected chi connectivity index (χ3v) is 5.57. The Morgan fingerprint density at radius 1 is 1.32 bits per heavy atom. The molecule has 0 aliphatic carbocycles. The van der Waals surface area contributed by atoms with Gasteiger partial charge in [-0.05, 0) is 64.3 Å². The number of thioether (sulfide) groups is 1. The molecule has 0 saturated carbocycles. The number of aryl methyl sites for hydroxylation is 1. The molecule has 0 bridgehead atoms. The average molecular weight is 460 g/mol. The highest BCUT2D eigenvalue weighted by Crippen LogP contribution is 2.34. The smallest absolute Gasteiger partial charge is 0.260 e. The summed E-state index contributed by atoms with van der Waals surface area (Å²) in [6.45, 7) is 1.98. The molecule has 2 aromatic rings. The summed E-state index contributed by atoms with van der Waals surface area (Å²) in [6.07, 6.45) is 1.81. The lowest BCUT2D eigenvalue weighted by molar-refractivity contribution is -0.116. The van der Waals surface area contributed by atoms with Crippen LogP contribution in [-0.4, -0.2) is 25.1 Å². The second-order valence-corrected chi connectivity index (χ2v) is 7.97. The van der Waals surface area contributed by atoms with Crippen LogP contribution in [0, 0.1) is 18.3 Å². The number of nitriles is 1. The Bertz CT molecular complexity index is 972. The van der Waals surface area contributed by atoms with Crippen molar-refractivity contribution in [2.75, 3.05) is 19.0 Å². The van der Waals surface area contributed by atoms with E-state index in [2.05, 4.69) is 26.6 Å². The van der Waals surface area contributed by atoms with E-state index in [0.717, 1.165) is 27.0 Å². The van der Waals surface area contributed by atoms with Gasteiger partial charge in [-0.3, -0.25) is 4.79 Å². The molecular weight excluding hydrogens is 442 g/mol. The van der Waals surface area contributed by atoms with Gasteiger partial charge in [-0.15, -0.1) is 0 Å². The fraction of sp³-hybridized carbons (Fsp3) is 0.200. The maximum Gasteiger partial charge on any atom is 0.260 e. The summed E-state index contributed by atoms with van der Waals surface area (Å²) in [7, 11) is 1.61. The molecule has 1 atom stereocenters. The number of halogens is 1. The number of hydrogen-bond donors (Lipinski definition) is 2. The van der Waals surface area contributed by atoms with Crippen LogP contribution >= 0.6 is 27.7 Å². The van der Waals surface area contributed by atoms with Gasteiger partial charge in [0, 0.05) is 0 Å². The number of hydrogen-bond acceptors (Lipinski definition) is 6. The Hall–Kier alpha value is -2.63. The van der Waals surface area contributed by atoms with E-state index in [1.807, 2.05) is 49.4 Å². The molecule has 6 nitrogen and oxygen atoms in total. The minimum atomic E-state index is -0.295. The lowest BCUT2D eigenvalue weighted by Gasteiger charge is -2.16. The molecule has 1 aliphatic heterocycles. The van der Waals surface area contributed by atoms with Crippen LogP contribution in [0.5, 0.6) is 11.5 Å². The number of methoxy groups -OCH3 is 1. The van der Waals surface area contributed by atoms with Gasteiger partial charge >= 0.3 is 0 Å². The fourth-order valence-corrected chi connectivity index (χ4v) is 4.11. The van der Waals surface area contributed by atoms with Crippen LogP contribution in [-0.2, 0) is 4.79 Å². The fourth-order valence-electron chi connectivity index (χ4n) is 2.63. The van der Waals surface area contributed by atoms with Gasteiger partial charge < -0.3 is 20.1 Å². The van der Waals surface area contributed by atoms with Crippen LogP contribution in [0.3, 0.4) is 0 Å². The predicted octanol–water partition coefficient (Wildman–Crippen LogP) is 4.27. The van der Waals surface area contributed by atoms with Crippen molar-refractivity contribution in [3.8, 4) is 17.6 Å². The van der Waals surface area contributed by atoms with Crippen molar-refractivity contribution in [2.45, 2.75) is 12.4 Å². The largest absolute Gasteiger partial charge is 0.495 e. The van der Waals surface area contributed by atoms with Crippen LogP contribution < -0.4 is 20.1 Å². The molecule has 8 heteroatoms. The maximum atomic E-state index is 12.3. The lowest BCUT2D eigenvalue weighted by atomic mass is 10.2. The summed E-state index contributed by atoms with van der Waals surface area (Å²) in [4.78, 5) is 12.9. The predicted molar refractivity (Wildman–Crippen MR) is 114 cm³/mol. The van der Waals surface area contributed by atoms with Gasteiger partial charge in [-0.2, -0.15) is 5.26 Å². The number of anilines is 1. The quantitative estimate of drug-likeness (QED) is 0.627. The average Bonchev–Trinajstić information content (AvgIpc) is 3.00. The van der Waals surface area contributed by atoms with E-state index in [-0.39, 0.29) is 18.0 Å². The number of nitrogens with zero attached hydrogens (tertiary/aromatic N) is 1. The zero-order valence-electron chi connectivity index (χ0n) is 15.3. The number of rotatable bonds is 6. The third-order valence-electron chi connectivity index (χ3n) is 3.92. The van der Waals surface area contributed by atoms with Crippen LogP contribution in [0.4, 0.5) is 5.69 Å². The first-order valence-corrected chi connectivity index (χ1v) is 10.1. The molecule has 1 fully saturated rings. The van der Waals surface area contributed by atoms with Crippen LogP contribution in [0.25, 0.3) is 6.08 Å².